The van der Waals surface area contributed by atoms with Crippen molar-refractivity contribution in [3.05, 3.63) is 42.0 Å². The second-order valence-electron chi connectivity index (χ2n) is 7.68. The molecule has 0 N–H and O–H groups in total. The highest BCUT2D eigenvalue weighted by Crippen LogP contribution is 2.31. The first kappa shape index (κ1) is 23.0. The van der Waals surface area contributed by atoms with Crippen LogP contribution in [0.15, 0.2) is 35.5 Å². The van der Waals surface area contributed by atoms with Crippen molar-refractivity contribution in [3.8, 4) is 5.69 Å². The van der Waals surface area contributed by atoms with Gasteiger partial charge in [0.15, 0.2) is 5.69 Å². The highest BCUT2D eigenvalue weighted by molar-refractivity contribution is 7.89. The molecule has 0 saturated heterocycles. The van der Waals surface area contributed by atoms with Gasteiger partial charge in [0.05, 0.1) is 24.5 Å². The van der Waals surface area contributed by atoms with Crippen molar-refractivity contribution < 1.29 is 18.0 Å². The Morgan fingerprint density at radius 2 is 1.87 bits per heavy atom. The van der Waals surface area contributed by atoms with Gasteiger partial charge in [0.2, 0.25) is 15.9 Å². The molecule has 0 radical (unpaired) electrons. The molecular formula is C21H29N5O4S. The molecule has 0 spiro atoms. The summed E-state index contributed by atoms with van der Waals surface area (Å²) < 4.78 is 29.5. The number of fused-ring (bicyclic) bond motifs is 3. The number of carbonyl (C=O) groups is 2. The van der Waals surface area contributed by atoms with Crippen LogP contribution < -0.4 is 0 Å². The minimum Gasteiger partial charge on any atom is -0.348 e. The molecule has 1 aliphatic heterocycles. The molecule has 10 heteroatoms. The molecule has 0 aliphatic carbocycles. The fraction of sp³-hybridized carbons (Fsp3) is 0.476. The number of amides is 2. The van der Waals surface area contributed by atoms with E-state index in [1.165, 1.54) is 17.3 Å². The number of hydrogen-bond acceptors (Lipinski definition) is 5. The van der Waals surface area contributed by atoms with Gasteiger partial charge < -0.3 is 9.80 Å². The van der Waals surface area contributed by atoms with Crippen molar-refractivity contribution >= 4 is 21.8 Å². The zero-order chi connectivity index (χ0) is 22.8. The third-order valence-electron chi connectivity index (χ3n) is 5.40. The number of rotatable bonds is 7. The van der Waals surface area contributed by atoms with Crippen LogP contribution in [-0.2, 0) is 21.4 Å². The van der Waals surface area contributed by atoms with E-state index in [2.05, 4.69) is 11.9 Å². The molecule has 0 saturated carbocycles. The number of carbonyl (C=O) groups excluding carboxylic acids is 2. The first-order valence-corrected chi connectivity index (χ1v) is 11.8. The molecule has 1 aliphatic rings. The maximum Gasteiger partial charge on any atom is 0.274 e. The third kappa shape index (κ3) is 4.35. The highest BCUT2D eigenvalue weighted by Gasteiger charge is 2.36. The summed E-state index contributed by atoms with van der Waals surface area (Å²) in [5, 5.41) is 0. The topological polar surface area (TPSA) is 95.8 Å². The lowest BCUT2D eigenvalue weighted by Gasteiger charge is -2.23. The molecule has 2 amide bonds. The van der Waals surface area contributed by atoms with Crippen LogP contribution in [0.4, 0.5) is 0 Å². The number of hydrogen-bond donors (Lipinski definition) is 0. The Kier molecular flexibility index (Phi) is 6.80. The molecule has 2 aromatic rings. The molecule has 0 fully saturated rings. The number of para-hydroxylation sites is 1. The lowest BCUT2D eigenvalue weighted by Crippen LogP contribution is -2.40. The largest absolute Gasteiger partial charge is 0.348 e. The van der Waals surface area contributed by atoms with Gasteiger partial charge in [-0.25, -0.2) is 13.4 Å². The standard InChI is InChI=1S/C21H29N5O4S/c1-5-7-12-24(6-2)21(28)20-17-13-25(14-19(27)23(3)4)31(29,30)18-11-9-8-10-16(18)26(17)15-22-20/h8-11,15H,5-7,12-14H2,1-4H3. The predicted octanol–water partition coefficient (Wildman–Crippen LogP) is 1.73. The van der Waals surface area contributed by atoms with E-state index in [4.69, 9.17) is 0 Å². The monoisotopic (exact) mass is 447 g/mol. The average Bonchev–Trinajstić information content (AvgIpc) is 3.13. The molecule has 0 unspecified atom stereocenters. The van der Waals surface area contributed by atoms with Crippen molar-refractivity contribution in [1.82, 2.24) is 23.7 Å². The van der Waals surface area contributed by atoms with E-state index >= 15 is 0 Å². The van der Waals surface area contributed by atoms with Gasteiger partial charge in [0.1, 0.15) is 11.2 Å². The second-order valence-corrected chi connectivity index (χ2v) is 9.58. The lowest BCUT2D eigenvalue weighted by molar-refractivity contribution is -0.128. The Bertz CT molecular complexity index is 1080. The summed E-state index contributed by atoms with van der Waals surface area (Å²) in [5.74, 6) is -0.583. The molecular weight excluding hydrogens is 418 g/mol. The van der Waals surface area contributed by atoms with Crippen LogP contribution in [0.5, 0.6) is 0 Å². The van der Waals surface area contributed by atoms with E-state index in [0.717, 1.165) is 17.1 Å². The van der Waals surface area contributed by atoms with Crippen LogP contribution in [0.25, 0.3) is 5.69 Å². The summed E-state index contributed by atoms with van der Waals surface area (Å²) in [5.41, 5.74) is 1.09. The number of likely N-dealkylation sites (N-methyl/N-ethyl adjacent to an activating group) is 1. The maximum absolute atomic E-state index is 13.4. The van der Waals surface area contributed by atoms with Gasteiger partial charge in [-0.05, 0) is 25.5 Å². The summed E-state index contributed by atoms with van der Waals surface area (Å²) >= 11 is 0. The Labute approximate surface area is 183 Å². The Hall–Kier alpha value is -2.72. The van der Waals surface area contributed by atoms with Gasteiger partial charge >= 0.3 is 0 Å². The fourth-order valence-corrected chi connectivity index (χ4v) is 5.04. The minimum absolute atomic E-state index is 0.0787. The molecule has 31 heavy (non-hydrogen) atoms. The Morgan fingerprint density at radius 3 is 2.52 bits per heavy atom. The quantitative estimate of drug-likeness (QED) is 0.644. The fourth-order valence-electron chi connectivity index (χ4n) is 3.51. The number of imidazole rings is 1. The first-order chi connectivity index (χ1) is 14.7. The van der Waals surface area contributed by atoms with Gasteiger partial charge in [-0.1, -0.05) is 25.5 Å². The lowest BCUT2D eigenvalue weighted by atomic mass is 10.2. The summed E-state index contributed by atoms with van der Waals surface area (Å²) in [6.07, 6.45) is 3.31. The normalized spacial score (nSPS) is 15.0. The number of unbranched alkanes of at least 4 members (excludes halogenated alkanes) is 1. The van der Waals surface area contributed by atoms with Crippen molar-refractivity contribution in [2.45, 2.75) is 38.1 Å². The molecule has 9 nitrogen and oxygen atoms in total. The molecule has 0 atom stereocenters. The minimum atomic E-state index is -3.96. The SMILES string of the molecule is CCCCN(CC)C(=O)c1ncn2c1CN(CC(=O)N(C)C)S(=O)(=O)c1ccccc1-2. The number of benzene rings is 1. The zero-order valence-electron chi connectivity index (χ0n) is 18.4. The van der Waals surface area contributed by atoms with E-state index in [0.29, 0.717) is 24.5 Å². The van der Waals surface area contributed by atoms with Gasteiger partial charge in [-0.3, -0.25) is 14.2 Å². The van der Waals surface area contributed by atoms with E-state index in [-0.39, 0.29) is 35.5 Å². The van der Waals surface area contributed by atoms with Crippen molar-refractivity contribution in [3.63, 3.8) is 0 Å². The predicted molar refractivity (Wildman–Crippen MR) is 116 cm³/mol. The molecule has 168 valence electrons. The molecule has 1 aromatic carbocycles. The summed E-state index contributed by atoms with van der Waals surface area (Å²) in [6, 6.07) is 6.56. The first-order valence-electron chi connectivity index (χ1n) is 10.4. The van der Waals surface area contributed by atoms with E-state index < -0.39 is 10.0 Å². The smallest absolute Gasteiger partial charge is 0.274 e. The van der Waals surface area contributed by atoms with Crippen molar-refractivity contribution in [2.75, 3.05) is 33.7 Å². The van der Waals surface area contributed by atoms with Gasteiger partial charge in [0, 0.05) is 27.2 Å². The van der Waals surface area contributed by atoms with Crippen LogP contribution in [0.1, 0.15) is 42.9 Å². The van der Waals surface area contributed by atoms with E-state index in [1.54, 1.807) is 41.8 Å². The van der Waals surface area contributed by atoms with E-state index in [1.807, 2.05) is 6.92 Å². The van der Waals surface area contributed by atoms with Gasteiger partial charge in [-0.15, -0.1) is 0 Å². The maximum atomic E-state index is 13.4. The second kappa shape index (κ2) is 9.19. The Morgan fingerprint density at radius 1 is 1.16 bits per heavy atom. The zero-order valence-corrected chi connectivity index (χ0v) is 19.2. The van der Waals surface area contributed by atoms with Gasteiger partial charge in [0.25, 0.3) is 5.91 Å². The number of nitrogens with zero attached hydrogens (tertiary/aromatic N) is 5. The molecule has 2 heterocycles. The van der Waals surface area contributed by atoms with Crippen LogP contribution in [0, 0.1) is 0 Å². The molecule has 1 aromatic heterocycles. The summed E-state index contributed by atoms with van der Waals surface area (Å²) in [7, 11) is -0.803. The molecule has 3 rings (SSSR count). The summed E-state index contributed by atoms with van der Waals surface area (Å²) in [4.78, 5) is 33.1. The van der Waals surface area contributed by atoms with Crippen molar-refractivity contribution in [1.29, 1.82) is 0 Å². The average molecular weight is 448 g/mol. The van der Waals surface area contributed by atoms with Crippen molar-refractivity contribution in [2.24, 2.45) is 0 Å². The summed E-state index contributed by atoms with van der Waals surface area (Å²) in [6.45, 7) is 4.66. The van der Waals surface area contributed by atoms with Crippen LogP contribution >= 0.6 is 0 Å². The number of sulfonamides is 1. The third-order valence-corrected chi connectivity index (χ3v) is 7.24. The number of aromatic nitrogens is 2. The highest BCUT2D eigenvalue weighted by atomic mass is 32.2. The van der Waals surface area contributed by atoms with Crippen LogP contribution in [0.2, 0.25) is 0 Å². The van der Waals surface area contributed by atoms with Crippen LogP contribution in [-0.4, -0.2) is 77.6 Å². The molecule has 0 bridgehead atoms. The van der Waals surface area contributed by atoms with E-state index in [9.17, 15) is 18.0 Å². The van der Waals surface area contributed by atoms with Gasteiger partial charge in [-0.2, -0.15) is 4.31 Å². The van der Waals surface area contributed by atoms with Crippen LogP contribution in [0.3, 0.4) is 0 Å². The Balaban J connectivity index is 2.12.